The molecule has 2 heteroatoms. The molecule has 2 aromatic carbocycles. The maximum Gasteiger partial charge on any atom is 0.123 e. The summed E-state index contributed by atoms with van der Waals surface area (Å²) in [5.74, 6) is 0.0107. The molecule has 0 unspecified atom stereocenters. The highest BCUT2D eigenvalue weighted by Crippen LogP contribution is 2.15. The van der Waals surface area contributed by atoms with Gasteiger partial charge in [-0.1, -0.05) is 24.3 Å². The molecule has 2 aromatic rings. The maximum atomic E-state index is 12.9. The van der Waals surface area contributed by atoms with Crippen LogP contribution in [0.5, 0.6) is 5.75 Å². The Morgan fingerprint density at radius 3 is 2.27 bits per heavy atom. The van der Waals surface area contributed by atoms with Crippen molar-refractivity contribution in [2.75, 3.05) is 0 Å². The summed E-state index contributed by atoms with van der Waals surface area (Å²) in [6.07, 6.45) is 0.631. The lowest BCUT2D eigenvalue weighted by molar-refractivity contribution is 0.474. The summed E-state index contributed by atoms with van der Waals surface area (Å²) in [6.45, 7) is 0. The number of benzene rings is 2. The lowest BCUT2D eigenvalue weighted by Gasteiger charge is -2.02. The van der Waals surface area contributed by atoms with Gasteiger partial charge >= 0.3 is 0 Å². The maximum absolute atomic E-state index is 12.9. The normalized spacial score (nSPS) is 10.2. The molecule has 0 aliphatic heterocycles. The fourth-order valence-corrected chi connectivity index (χ4v) is 1.55. The highest BCUT2D eigenvalue weighted by Gasteiger charge is 1.98. The van der Waals surface area contributed by atoms with Gasteiger partial charge in [0.1, 0.15) is 11.6 Å². The lowest BCUT2D eigenvalue weighted by atomic mass is 10.0. The number of halogens is 1. The molecule has 0 aliphatic rings. The van der Waals surface area contributed by atoms with E-state index in [-0.39, 0.29) is 11.6 Å². The molecule has 1 N–H and O–H groups in total. The van der Waals surface area contributed by atoms with Crippen LogP contribution in [0.4, 0.5) is 4.39 Å². The molecule has 2 rings (SSSR count). The SMILES string of the molecule is Oc1cccc(Cc2cccc(F)c2)c1. The Morgan fingerprint density at radius 2 is 1.60 bits per heavy atom. The summed E-state index contributed by atoms with van der Waals surface area (Å²) < 4.78 is 12.9. The average Bonchev–Trinajstić information content (AvgIpc) is 2.17. The van der Waals surface area contributed by atoms with E-state index in [0.717, 1.165) is 11.1 Å². The predicted octanol–water partition coefficient (Wildman–Crippen LogP) is 3.12. The van der Waals surface area contributed by atoms with Gasteiger partial charge in [-0.2, -0.15) is 0 Å². The van der Waals surface area contributed by atoms with Crippen LogP contribution in [0, 0.1) is 5.82 Å². The fourth-order valence-electron chi connectivity index (χ4n) is 1.55. The largest absolute Gasteiger partial charge is 0.508 e. The molecule has 0 bridgehead atoms. The predicted molar refractivity (Wildman–Crippen MR) is 57.3 cm³/mol. The first-order valence-corrected chi connectivity index (χ1v) is 4.76. The highest BCUT2D eigenvalue weighted by molar-refractivity contribution is 5.31. The Kier molecular flexibility index (Phi) is 2.68. The van der Waals surface area contributed by atoms with Crippen molar-refractivity contribution in [1.82, 2.24) is 0 Å². The number of phenols is 1. The molecule has 0 spiro atoms. The van der Waals surface area contributed by atoms with Crippen LogP contribution < -0.4 is 0 Å². The zero-order chi connectivity index (χ0) is 10.7. The second-order valence-electron chi connectivity index (χ2n) is 3.48. The van der Waals surface area contributed by atoms with Crippen molar-refractivity contribution in [2.24, 2.45) is 0 Å². The van der Waals surface area contributed by atoms with Crippen molar-refractivity contribution in [1.29, 1.82) is 0 Å². The summed E-state index contributed by atoms with van der Waals surface area (Å²) in [7, 11) is 0. The monoisotopic (exact) mass is 202 g/mol. The Morgan fingerprint density at radius 1 is 0.933 bits per heavy atom. The molecular formula is C13H11FO. The molecule has 0 heterocycles. The molecule has 0 fully saturated rings. The van der Waals surface area contributed by atoms with Gasteiger partial charge in [0, 0.05) is 0 Å². The lowest BCUT2D eigenvalue weighted by Crippen LogP contribution is -1.88. The molecule has 1 nitrogen and oxygen atoms in total. The smallest absolute Gasteiger partial charge is 0.123 e. The van der Waals surface area contributed by atoms with E-state index in [1.54, 1.807) is 24.3 Å². The van der Waals surface area contributed by atoms with Crippen molar-refractivity contribution in [3.63, 3.8) is 0 Å². The minimum absolute atomic E-state index is 0.229. The zero-order valence-corrected chi connectivity index (χ0v) is 8.15. The third kappa shape index (κ3) is 2.56. The van der Waals surface area contributed by atoms with Gasteiger partial charge in [-0.3, -0.25) is 0 Å². The first-order valence-electron chi connectivity index (χ1n) is 4.76. The van der Waals surface area contributed by atoms with Gasteiger partial charge < -0.3 is 5.11 Å². The summed E-state index contributed by atoms with van der Waals surface area (Å²) >= 11 is 0. The molecular weight excluding hydrogens is 191 g/mol. The van der Waals surface area contributed by atoms with Crippen LogP contribution in [0.25, 0.3) is 0 Å². The van der Waals surface area contributed by atoms with Crippen LogP contribution in [0.1, 0.15) is 11.1 Å². The number of rotatable bonds is 2. The molecule has 0 saturated heterocycles. The molecule has 76 valence electrons. The topological polar surface area (TPSA) is 20.2 Å². The van der Waals surface area contributed by atoms with E-state index in [4.69, 9.17) is 0 Å². The van der Waals surface area contributed by atoms with Crippen LogP contribution in [-0.2, 0) is 6.42 Å². The van der Waals surface area contributed by atoms with Gasteiger partial charge in [-0.25, -0.2) is 4.39 Å². The number of hydrogen-bond acceptors (Lipinski definition) is 1. The van der Waals surface area contributed by atoms with E-state index < -0.39 is 0 Å². The second kappa shape index (κ2) is 4.13. The first-order chi connectivity index (χ1) is 7.24. The van der Waals surface area contributed by atoms with E-state index in [0.29, 0.717) is 6.42 Å². The Labute approximate surface area is 87.8 Å². The van der Waals surface area contributed by atoms with Gasteiger partial charge in [0.05, 0.1) is 0 Å². The standard InChI is InChI=1S/C13H11FO/c14-12-5-1-3-10(8-12)7-11-4-2-6-13(15)9-11/h1-6,8-9,15H,7H2. The van der Waals surface area contributed by atoms with E-state index in [1.807, 2.05) is 12.1 Å². The first kappa shape index (κ1) is 9.71. The number of aromatic hydroxyl groups is 1. The van der Waals surface area contributed by atoms with Crippen molar-refractivity contribution in [2.45, 2.75) is 6.42 Å². The van der Waals surface area contributed by atoms with Crippen molar-refractivity contribution < 1.29 is 9.50 Å². The van der Waals surface area contributed by atoms with E-state index in [2.05, 4.69) is 0 Å². The van der Waals surface area contributed by atoms with E-state index >= 15 is 0 Å². The van der Waals surface area contributed by atoms with Gasteiger partial charge in [-0.05, 0) is 41.8 Å². The van der Waals surface area contributed by atoms with E-state index in [9.17, 15) is 9.50 Å². The Balaban J connectivity index is 2.22. The molecule has 0 aromatic heterocycles. The summed E-state index contributed by atoms with van der Waals surface area (Å²) in [5.41, 5.74) is 1.88. The Hall–Kier alpha value is -1.83. The summed E-state index contributed by atoms with van der Waals surface area (Å²) in [5, 5.41) is 9.27. The van der Waals surface area contributed by atoms with Crippen LogP contribution in [0.2, 0.25) is 0 Å². The van der Waals surface area contributed by atoms with Gasteiger partial charge in [0.2, 0.25) is 0 Å². The van der Waals surface area contributed by atoms with Crippen LogP contribution in [0.3, 0.4) is 0 Å². The minimum atomic E-state index is -0.229. The molecule has 0 atom stereocenters. The molecule has 0 aliphatic carbocycles. The number of phenolic OH excluding ortho intramolecular Hbond substituents is 1. The Bertz CT molecular complexity index is 422. The minimum Gasteiger partial charge on any atom is -0.508 e. The zero-order valence-electron chi connectivity index (χ0n) is 8.15. The van der Waals surface area contributed by atoms with E-state index in [1.165, 1.54) is 12.1 Å². The van der Waals surface area contributed by atoms with Crippen molar-refractivity contribution in [3.8, 4) is 5.75 Å². The van der Waals surface area contributed by atoms with Crippen molar-refractivity contribution in [3.05, 3.63) is 65.5 Å². The van der Waals surface area contributed by atoms with Crippen LogP contribution in [-0.4, -0.2) is 5.11 Å². The highest BCUT2D eigenvalue weighted by atomic mass is 19.1. The van der Waals surface area contributed by atoms with Crippen molar-refractivity contribution >= 4 is 0 Å². The third-order valence-corrected chi connectivity index (χ3v) is 2.21. The molecule has 0 saturated carbocycles. The van der Waals surface area contributed by atoms with Gasteiger partial charge in [-0.15, -0.1) is 0 Å². The van der Waals surface area contributed by atoms with Gasteiger partial charge in [0.15, 0.2) is 0 Å². The molecule has 15 heavy (non-hydrogen) atoms. The fraction of sp³-hybridized carbons (Fsp3) is 0.0769. The average molecular weight is 202 g/mol. The summed E-state index contributed by atoms with van der Waals surface area (Å²) in [4.78, 5) is 0. The van der Waals surface area contributed by atoms with Gasteiger partial charge in [0.25, 0.3) is 0 Å². The van der Waals surface area contributed by atoms with Crippen LogP contribution >= 0.6 is 0 Å². The summed E-state index contributed by atoms with van der Waals surface area (Å²) in [6, 6.07) is 13.5. The van der Waals surface area contributed by atoms with Crippen LogP contribution in [0.15, 0.2) is 48.5 Å². The second-order valence-corrected chi connectivity index (χ2v) is 3.48. The quantitative estimate of drug-likeness (QED) is 0.793. The third-order valence-electron chi connectivity index (χ3n) is 2.21. The molecule has 0 amide bonds. The number of hydrogen-bond donors (Lipinski definition) is 1. The molecule has 0 radical (unpaired) electrons.